The predicted molar refractivity (Wildman–Crippen MR) is 77.5 cm³/mol. The molecule has 0 aromatic heterocycles. The number of amides is 1. The van der Waals surface area contributed by atoms with Gasteiger partial charge in [-0.3, -0.25) is 4.90 Å². The fourth-order valence-corrected chi connectivity index (χ4v) is 2.22. The lowest BCUT2D eigenvalue weighted by Gasteiger charge is -2.24. The molecular formula is C13H18F3NO7S. The van der Waals surface area contributed by atoms with Crippen molar-refractivity contribution >= 4 is 22.2 Å². The van der Waals surface area contributed by atoms with Gasteiger partial charge in [0, 0.05) is 0 Å². The first-order chi connectivity index (χ1) is 11.2. The Hall–Kier alpha value is -1.98. The number of hydrogen-bond acceptors (Lipinski definition) is 7. The molecule has 0 bridgehead atoms. The Morgan fingerprint density at radius 3 is 2.16 bits per heavy atom. The van der Waals surface area contributed by atoms with Crippen molar-refractivity contribution < 1.29 is 44.8 Å². The van der Waals surface area contributed by atoms with E-state index in [4.69, 9.17) is 4.74 Å². The van der Waals surface area contributed by atoms with E-state index in [1.165, 1.54) is 6.92 Å². The minimum absolute atomic E-state index is 0.103. The van der Waals surface area contributed by atoms with Crippen LogP contribution in [0.4, 0.5) is 18.0 Å². The van der Waals surface area contributed by atoms with Crippen LogP contribution in [0, 0.1) is 0 Å². The largest absolute Gasteiger partial charge is 0.534 e. The van der Waals surface area contributed by atoms with E-state index in [1.807, 2.05) is 0 Å². The summed E-state index contributed by atoms with van der Waals surface area (Å²) in [5.74, 6) is -1.91. The van der Waals surface area contributed by atoms with Crippen molar-refractivity contribution in [2.75, 3.05) is 19.7 Å². The Morgan fingerprint density at radius 2 is 1.72 bits per heavy atom. The molecule has 0 aromatic rings. The molecule has 1 heterocycles. The summed E-state index contributed by atoms with van der Waals surface area (Å²) in [6, 6.07) is 0. The van der Waals surface area contributed by atoms with Gasteiger partial charge in [-0.15, -0.1) is 0 Å². The highest BCUT2D eigenvalue weighted by Crippen LogP contribution is 2.30. The second kappa shape index (κ2) is 7.10. The smallest absolute Gasteiger partial charge is 0.462 e. The highest BCUT2D eigenvalue weighted by atomic mass is 32.2. The predicted octanol–water partition coefficient (Wildman–Crippen LogP) is 1.92. The second-order valence-electron chi connectivity index (χ2n) is 5.94. The molecule has 0 unspecified atom stereocenters. The van der Waals surface area contributed by atoms with Gasteiger partial charge in [0.15, 0.2) is 5.76 Å². The minimum Gasteiger partial charge on any atom is -0.462 e. The van der Waals surface area contributed by atoms with Gasteiger partial charge in [0.2, 0.25) is 0 Å². The average molecular weight is 389 g/mol. The Labute approximate surface area is 142 Å². The lowest BCUT2D eigenvalue weighted by Crippen LogP contribution is -2.36. The van der Waals surface area contributed by atoms with Gasteiger partial charge in [-0.25, -0.2) is 9.59 Å². The van der Waals surface area contributed by atoms with Crippen LogP contribution in [0.15, 0.2) is 11.3 Å². The fraction of sp³-hybridized carbons (Fsp3) is 0.692. The monoisotopic (exact) mass is 389 g/mol. The molecule has 1 rings (SSSR count). The quantitative estimate of drug-likeness (QED) is 0.411. The number of rotatable bonds is 4. The van der Waals surface area contributed by atoms with Crippen LogP contribution in [-0.2, 0) is 28.6 Å². The van der Waals surface area contributed by atoms with E-state index in [0.717, 1.165) is 4.90 Å². The Balaban J connectivity index is 3.08. The lowest BCUT2D eigenvalue weighted by molar-refractivity contribution is -0.138. The molecule has 1 amide bonds. The molecule has 1 aliphatic heterocycles. The van der Waals surface area contributed by atoms with Gasteiger partial charge in [0.25, 0.3) is 0 Å². The normalized spacial score (nSPS) is 16.0. The van der Waals surface area contributed by atoms with E-state index in [0.29, 0.717) is 0 Å². The summed E-state index contributed by atoms with van der Waals surface area (Å²) in [5.41, 5.74) is -7.08. The summed E-state index contributed by atoms with van der Waals surface area (Å²) in [6.07, 6.45) is -0.947. The molecule has 144 valence electrons. The van der Waals surface area contributed by atoms with Crippen molar-refractivity contribution in [1.82, 2.24) is 4.90 Å². The molecule has 12 heteroatoms. The van der Waals surface area contributed by atoms with Gasteiger partial charge < -0.3 is 13.7 Å². The molecule has 0 spiro atoms. The van der Waals surface area contributed by atoms with Crippen molar-refractivity contribution in [3.63, 3.8) is 0 Å². The third kappa shape index (κ3) is 5.51. The van der Waals surface area contributed by atoms with Gasteiger partial charge in [-0.1, -0.05) is 0 Å². The first-order valence-electron chi connectivity index (χ1n) is 7.05. The van der Waals surface area contributed by atoms with E-state index in [-0.39, 0.29) is 6.61 Å². The van der Waals surface area contributed by atoms with Gasteiger partial charge in [0.1, 0.15) is 5.60 Å². The summed E-state index contributed by atoms with van der Waals surface area (Å²) in [4.78, 5) is 24.7. The summed E-state index contributed by atoms with van der Waals surface area (Å²) < 4.78 is 73.5. The molecule has 25 heavy (non-hydrogen) atoms. The molecule has 0 saturated carbocycles. The van der Waals surface area contributed by atoms with Crippen LogP contribution in [0.2, 0.25) is 0 Å². The van der Waals surface area contributed by atoms with Crippen molar-refractivity contribution in [3.8, 4) is 0 Å². The molecule has 0 aliphatic carbocycles. The third-order valence-corrected chi connectivity index (χ3v) is 3.67. The molecule has 0 atom stereocenters. The average Bonchev–Trinajstić information content (AvgIpc) is 2.79. The zero-order chi connectivity index (χ0) is 19.6. The summed E-state index contributed by atoms with van der Waals surface area (Å²) in [7, 11) is -5.99. The molecule has 8 nitrogen and oxygen atoms in total. The summed E-state index contributed by atoms with van der Waals surface area (Å²) in [6.45, 7) is 4.85. The van der Waals surface area contributed by atoms with Gasteiger partial charge in [-0.05, 0) is 27.7 Å². The maximum absolute atomic E-state index is 12.5. The molecule has 0 saturated heterocycles. The topological polar surface area (TPSA) is 99.2 Å². The van der Waals surface area contributed by atoms with Crippen LogP contribution in [0.3, 0.4) is 0 Å². The molecule has 0 fully saturated rings. The number of halogens is 3. The van der Waals surface area contributed by atoms with E-state index in [1.54, 1.807) is 20.8 Å². The number of carbonyl (C=O) groups excluding carboxylic acids is 2. The maximum atomic E-state index is 12.5. The number of esters is 1. The van der Waals surface area contributed by atoms with E-state index < -0.39 is 57.7 Å². The van der Waals surface area contributed by atoms with Crippen LogP contribution in [0.5, 0.6) is 0 Å². The third-order valence-electron chi connectivity index (χ3n) is 2.69. The standard InChI is InChI=1S/C13H18F3NO7S/c1-5-22-10(18)8-6-17(11(19)23-12(2,3)4)7-9(8)24-25(20,21)13(14,15)16/h5-7H2,1-4H3. The Morgan fingerprint density at radius 1 is 1.16 bits per heavy atom. The molecule has 1 aliphatic rings. The number of hydrogen-bond donors (Lipinski definition) is 0. The van der Waals surface area contributed by atoms with E-state index in [9.17, 15) is 31.2 Å². The lowest BCUT2D eigenvalue weighted by atomic mass is 10.2. The summed E-state index contributed by atoms with van der Waals surface area (Å²) >= 11 is 0. The van der Waals surface area contributed by atoms with Gasteiger partial charge >= 0.3 is 27.7 Å². The molecule has 0 aromatic carbocycles. The van der Waals surface area contributed by atoms with Crippen molar-refractivity contribution in [3.05, 3.63) is 11.3 Å². The second-order valence-corrected chi connectivity index (χ2v) is 7.48. The van der Waals surface area contributed by atoms with Crippen molar-refractivity contribution in [2.45, 2.75) is 38.8 Å². The van der Waals surface area contributed by atoms with Crippen LogP contribution >= 0.6 is 0 Å². The van der Waals surface area contributed by atoms with Crippen LogP contribution in [0.1, 0.15) is 27.7 Å². The van der Waals surface area contributed by atoms with Crippen LogP contribution < -0.4 is 0 Å². The van der Waals surface area contributed by atoms with Crippen molar-refractivity contribution in [2.24, 2.45) is 0 Å². The van der Waals surface area contributed by atoms with E-state index >= 15 is 0 Å². The van der Waals surface area contributed by atoms with E-state index in [2.05, 4.69) is 8.92 Å². The van der Waals surface area contributed by atoms with Crippen molar-refractivity contribution in [1.29, 1.82) is 0 Å². The van der Waals surface area contributed by atoms with Gasteiger partial charge in [0.05, 0.1) is 25.3 Å². The number of ether oxygens (including phenoxy) is 2. The molecule has 0 N–H and O–H groups in total. The first kappa shape index (κ1) is 21.1. The fourth-order valence-electron chi connectivity index (χ4n) is 1.71. The van der Waals surface area contributed by atoms with Crippen LogP contribution in [0.25, 0.3) is 0 Å². The number of alkyl halides is 3. The Bertz CT molecular complexity index is 677. The maximum Gasteiger partial charge on any atom is 0.534 e. The highest BCUT2D eigenvalue weighted by molar-refractivity contribution is 7.87. The van der Waals surface area contributed by atoms with Gasteiger partial charge in [-0.2, -0.15) is 21.6 Å². The molecular weight excluding hydrogens is 371 g/mol. The number of carbonyl (C=O) groups is 2. The summed E-state index contributed by atoms with van der Waals surface area (Å²) in [5, 5.41) is 0. The minimum atomic E-state index is -5.99. The highest BCUT2D eigenvalue weighted by Gasteiger charge is 2.50. The van der Waals surface area contributed by atoms with Crippen LogP contribution in [-0.4, -0.2) is 56.2 Å². The first-order valence-corrected chi connectivity index (χ1v) is 8.46. The molecule has 0 radical (unpaired) electrons. The Kier molecular flexibility index (Phi) is 5.98. The SMILES string of the molecule is CCOC(=O)C1=C(OS(=O)(=O)C(F)(F)F)CN(C(=O)OC(C)(C)C)C1. The number of nitrogens with zero attached hydrogens (tertiary/aromatic N) is 1. The zero-order valence-corrected chi connectivity index (χ0v) is 14.8. The zero-order valence-electron chi connectivity index (χ0n) is 14.0.